The molecule has 0 aliphatic heterocycles. The van der Waals surface area contributed by atoms with Gasteiger partial charge in [0.2, 0.25) is 5.91 Å². The topological polar surface area (TPSA) is 52.9 Å². The van der Waals surface area contributed by atoms with Gasteiger partial charge in [-0.3, -0.25) is 4.79 Å². The van der Waals surface area contributed by atoms with Crippen LogP contribution in [0.25, 0.3) is 0 Å². The summed E-state index contributed by atoms with van der Waals surface area (Å²) in [4.78, 5) is 11.7. The van der Waals surface area contributed by atoms with Crippen LogP contribution < -0.4 is 5.32 Å². The van der Waals surface area contributed by atoms with Gasteiger partial charge in [-0.1, -0.05) is 37.3 Å². The molecule has 1 N–H and O–H groups in total. The summed E-state index contributed by atoms with van der Waals surface area (Å²) in [5, 5.41) is 11.8. The fourth-order valence-corrected chi connectivity index (χ4v) is 1.80. The van der Waals surface area contributed by atoms with E-state index >= 15 is 0 Å². The van der Waals surface area contributed by atoms with Crippen molar-refractivity contribution in [1.82, 2.24) is 5.32 Å². The second-order valence-corrected chi connectivity index (χ2v) is 4.47. The monoisotopic (exact) mass is 244 g/mol. The quantitative estimate of drug-likeness (QED) is 0.835. The molecule has 1 rings (SSSR count). The average molecular weight is 244 g/mol. The Balaban J connectivity index is 2.39. The van der Waals surface area contributed by atoms with Crippen LogP contribution in [-0.4, -0.2) is 5.91 Å². The molecule has 3 nitrogen and oxygen atoms in total. The van der Waals surface area contributed by atoms with Gasteiger partial charge >= 0.3 is 0 Å². The summed E-state index contributed by atoms with van der Waals surface area (Å²) >= 11 is 0. The molecule has 0 bridgehead atoms. The lowest BCUT2D eigenvalue weighted by atomic mass is 10.0. The third kappa shape index (κ3) is 4.58. The first-order valence-corrected chi connectivity index (χ1v) is 6.41. The van der Waals surface area contributed by atoms with Crippen LogP contribution in [-0.2, 0) is 4.79 Å². The molecule has 0 spiro atoms. The molecule has 1 aromatic rings. The highest BCUT2D eigenvalue weighted by Crippen LogP contribution is 2.13. The molecule has 3 heteroatoms. The van der Waals surface area contributed by atoms with E-state index in [0.29, 0.717) is 12.8 Å². The smallest absolute Gasteiger partial charge is 0.220 e. The van der Waals surface area contributed by atoms with Gasteiger partial charge in [0.15, 0.2) is 0 Å². The highest BCUT2D eigenvalue weighted by molar-refractivity contribution is 5.76. The summed E-state index contributed by atoms with van der Waals surface area (Å²) in [6, 6.07) is 12.1. The zero-order valence-corrected chi connectivity index (χ0v) is 11.0. The Kier molecular flexibility index (Phi) is 5.93. The van der Waals surface area contributed by atoms with Crippen LogP contribution in [0.4, 0.5) is 0 Å². The Labute approximate surface area is 109 Å². The second kappa shape index (κ2) is 7.50. The number of hydrogen-bond donors (Lipinski definition) is 1. The van der Waals surface area contributed by atoms with Crippen molar-refractivity contribution >= 4 is 5.91 Å². The summed E-state index contributed by atoms with van der Waals surface area (Å²) in [7, 11) is 0. The van der Waals surface area contributed by atoms with Crippen LogP contribution in [0.3, 0.4) is 0 Å². The number of rotatable bonds is 6. The van der Waals surface area contributed by atoms with Gasteiger partial charge < -0.3 is 5.32 Å². The van der Waals surface area contributed by atoms with E-state index in [4.69, 9.17) is 5.26 Å². The van der Waals surface area contributed by atoms with E-state index in [2.05, 4.69) is 11.4 Å². The minimum Gasteiger partial charge on any atom is -0.350 e. The molecule has 1 aromatic carbocycles. The summed E-state index contributed by atoms with van der Waals surface area (Å²) in [5.74, 6) is 0.00262. The second-order valence-electron chi connectivity index (χ2n) is 4.47. The lowest BCUT2D eigenvalue weighted by Crippen LogP contribution is -2.26. The minimum absolute atomic E-state index is 0.0113. The van der Waals surface area contributed by atoms with Gasteiger partial charge in [-0.15, -0.1) is 0 Å². The maximum absolute atomic E-state index is 11.7. The Morgan fingerprint density at radius 3 is 2.61 bits per heavy atom. The first-order valence-electron chi connectivity index (χ1n) is 6.41. The third-order valence-electron chi connectivity index (χ3n) is 3.07. The van der Waals surface area contributed by atoms with E-state index in [9.17, 15) is 4.79 Å². The number of carbonyl (C=O) groups is 1. The Morgan fingerprint density at radius 1 is 1.39 bits per heavy atom. The van der Waals surface area contributed by atoms with Gasteiger partial charge in [0.1, 0.15) is 0 Å². The summed E-state index contributed by atoms with van der Waals surface area (Å²) in [5.41, 5.74) is 1.10. The molecule has 2 unspecified atom stereocenters. The van der Waals surface area contributed by atoms with E-state index in [0.717, 1.165) is 12.0 Å². The molecular formula is C15H20N2O. The zero-order valence-electron chi connectivity index (χ0n) is 11.0. The predicted molar refractivity (Wildman–Crippen MR) is 71.6 cm³/mol. The lowest BCUT2D eigenvalue weighted by Gasteiger charge is -2.14. The number of carbonyl (C=O) groups excluding carboxylic acids is 1. The first kappa shape index (κ1) is 14.2. The standard InChI is InChI=1S/C15H20N2O/c1-3-13(11-16)9-10-15(18)17-12(2)14-7-5-4-6-8-14/h4-8,12-13H,3,9-10H2,1-2H3,(H,17,18). The number of benzene rings is 1. The number of hydrogen-bond acceptors (Lipinski definition) is 2. The van der Waals surface area contributed by atoms with Crippen molar-refractivity contribution in [2.75, 3.05) is 0 Å². The Hall–Kier alpha value is -1.82. The van der Waals surface area contributed by atoms with Crippen LogP contribution >= 0.6 is 0 Å². The molecule has 0 aromatic heterocycles. The number of nitrogens with one attached hydrogen (secondary N) is 1. The average Bonchev–Trinajstić information content (AvgIpc) is 2.41. The van der Waals surface area contributed by atoms with Crippen molar-refractivity contribution in [2.45, 2.75) is 39.2 Å². The van der Waals surface area contributed by atoms with Crippen molar-refractivity contribution in [1.29, 1.82) is 5.26 Å². The van der Waals surface area contributed by atoms with E-state index in [1.165, 1.54) is 0 Å². The highest BCUT2D eigenvalue weighted by Gasteiger charge is 2.11. The van der Waals surface area contributed by atoms with Crippen LogP contribution in [0, 0.1) is 17.2 Å². The maximum atomic E-state index is 11.7. The van der Waals surface area contributed by atoms with Gasteiger partial charge in [-0.25, -0.2) is 0 Å². The number of nitrogens with zero attached hydrogens (tertiary/aromatic N) is 1. The SMILES string of the molecule is CCC(C#N)CCC(=O)NC(C)c1ccccc1. The van der Waals surface area contributed by atoms with Gasteiger partial charge in [0.25, 0.3) is 0 Å². The Bertz CT molecular complexity index is 408. The maximum Gasteiger partial charge on any atom is 0.220 e. The Morgan fingerprint density at radius 2 is 2.06 bits per heavy atom. The molecule has 1 amide bonds. The van der Waals surface area contributed by atoms with E-state index < -0.39 is 0 Å². The summed E-state index contributed by atoms with van der Waals surface area (Å²) in [6.07, 6.45) is 1.86. The molecule has 0 aliphatic carbocycles. The normalized spacial score (nSPS) is 13.4. The third-order valence-corrected chi connectivity index (χ3v) is 3.07. The molecule has 0 radical (unpaired) electrons. The summed E-state index contributed by atoms with van der Waals surface area (Å²) in [6.45, 7) is 3.94. The van der Waals surface area contributed by atoms with E-state index in [1.54, 1.807) is 0 Å². The fourth-order valence-electron chi connectivity index (χ4n) is 1.80. The van der Waals surface area contributed by atoms with Gasteiger partial charge in [0.05, 0.1) is 12.1 Å². The van der Waals surface area contributed by atoms with Crippen LogP contribution in [0.2, 0.25) is 0 Å². The molecule has 0 aliphatic rings. The molecule has 0 saturated heterocycles. The number of amides is 1. The van der Waals surface area contributed by atoms with Crippen LogP contribution in [0.5, 0.6) is 0 Å². The van der Waals surface area contributed by atoms with Gasteiger partial charge in [-0.2, -0.15) is 5.26 Å². The van der Waals surface area contributed by atoms with Crippen molar-refractivity contribution in [3.05, 3.63) is 35.9 Å². The van der Waals surface area contributed by atoms with Crippen LogP contribution in [0.1, 0.15) is 44.7 Å². The van der Waals surface area contributed by atoms with Crippen LogP contribution in [0.15, 0.2) is 30.3 Å². The molecule has 0 heterocycles. The lowest BCUT2D eigenvalue weighted by molar-refractivity contribution is -0.121. The molecule has 0 fully saturated rings. The van der Waals surface area contributed by atoms with Crippen molar-refractivity contribution < 1.29 is 4.79 Å². The summed E-state index contributed by atoms with van der Waals surface area (Å²) < 4.78 is 0. The molecular weight excluding hydrogens is 224 g/mol. The van der Waals surface area contributed by atoms with Crippen molar-refractivity contribution in [3.8, 4) is 6.07 Å². The fraction of sp³-hybridized carbons (Fsp3) is 0.467. The molecule has 0 saturated carbocycles. The van der Waals surface area contributed by atoms with E-state index in [-0.39, 0.29) is 17.9 Å². The van der Waals surface area contributed by atoms with Gasteiger partial charge in [0, 0.05) is 12.3 Å². The van der Waals surface area contributed by atoms with Gasteiger partial charge in [-0.05, 0) is 25.3 Å². The largest absolute Gasteiger partial charge is 0.350 e. The predicted octanol–water partition coefficient (Wildman–Crippen LogP) is 3.19. The molecule has 18 heavy (non-hydrogen) atoms. The minimum atomic E-state index is -0.0113. The first-order chi connectivity index (χ1) is 8.67. The molecule has 96 valence electrons. The van der Waals surface area contributed by atoms with E-state index in [1.807, 2.05) is 44.2 Å². The zero-order chi connectivity index (χ0) is 13.4. The van der Waals surface area contributed by atoms with Crippen molar-refractivity contribution in [2.24, 2.45) is 5.92 Å². The highest BCUT2D eigenvalue weighted by atomic mass is 16.1. The van der Waals surface area contributed by atoms with Crippen molar-refractivity contribution in [3.63, 3.8) is 0 Å². The molecule has 2 atom stereocenters. The number of nitriles is 1.